The van der Waals surface area contributed by atoms with Gasteiger partial charge in [-0.15, -0.1) is 0 Å². The highest BCUT2D eigenvalue weighted by Crippen LogP contribution is 2.29. The van der Waals surface area contributed by atoms with E-state index in [0.717, 1.165) is 11.6 Å². The van der Waals surface area contributed by atoms with Crippen LogP contribution < -0.4 is 5.32 Å². The van der Waals surface area contributed by atoms with Crippen LogP contribution in [0.1, 0.15) is 43.0 Å². The number of carbonyl (C=O) groups is 1. The Morgan fingerprint density at radius 1 is 1.41 bits per heavy atom. The van der Waals surface area contributed by atoms with Crippen molar-refractivity contribution >= 4 is 11.7 Å². The molecule has 0 aliphatic heterocycles. The molecule has 0 amide bonds. The van der Waals surface area contributed by atoms with Crippen LogP contribution in [0.4, 0.5) is 5.69 Å². The predicted molar refractivity (Wildman–Crippen MR) is 68.4 cm³/mol. The smallest absolute Gasteiger partial charge is 0.335 e. The summed E-state index contributed by atoms with van der Waals surface area (Å²) < 4.78 is 0. The van der Waals surface area contributed by atoms with Gasteiger partial charge in [-0.05, 0) is 43.9 Å². The fourth-order valence-electron chi connectivity index (χ4n) is 2.58. The number of anilines is 1. The van der Waals surface area contributed by atoms with Gasteiger partial charge in [0.25, 0.3) is 0 Å². The molecule has 1 aliphatic rings. The van der Waals surface area contributed by atoms with Crippen LogP contribution in [0.5, 0.6) is 0 Å². The monoisotopic (exact) mass is 233 g/mol. The Morgan fingerprint density at radius 2 is 2.12 bits per heavy atom. The van der Waals surface area contributed by atoms with Crippen molar-refractivity contribution in [2.45, 2.75) is 38.6 Å². The normalized spacial score (nSPS) is 17.9. The van der Waals surface area contributed by atoms with Crippen molar-refractivity contribution < 1.29 is 9.90 Å². The summed E-state index contributed by atoms with van der Waals surface area (Å²) in [5.41, 5.74) is 1.25. The Balaban J connectivity index is 2.02. The lowest BCUT2D eigenvalue weighted by molar-refractivity contribution is 0.0697. The Morgan fingerprint density at radius 3 is 2.76 bits per heavy atom. The Bertz CT molecular complexity index is 397. The highest BCUT2D eigenvalue weighted by atomic mass is 16.4. The summed E-state index contributed by atoms with van der Waals surface area (Å²) in [7, 11) is 0. The van der Waals surface area contributed by atoms with Crippen LogP contribution in [0.2, 0.25) is 0 Å². The molecule has 0 saturated heterocycles. The average Bonchev–Trinajstić information content (AvgIpc) is 2.82. The molecule has 1 fully saturated rings. The minimum absolute atomic E-state index is 0.341. The maximum absolute atomic E-state index is 10.9. The van der Waals surface area contributed by atoms with Gasteiger partial charge in [0, 0.05) is 11.7 Å². The molecule has 1 unspecified atom stereocenters. The van der Waals surface area contributed by atoms with E-state index in [1.54, 1.807) is 18.2 Å². The van der Waals surface area contributed by atoms with Crippen LogP contribution in [0, 0.1) is 5.92 Å². The van der Waals surface area contributed by atoms with Crippen molar-refractivity contribution in [2.24, 2.45) is 5.92 Å². The molecule has 0 heterocycles. The topological polar surface area (TPSA) is 49.3 Å². The predicted octanol–water partition coefficient (Wildman–Crippen LogP) is 3.38. The van der Waals surface area contributed by atoms with Crippen LogP contribution in [-0.4, -0.2) is 17.1 Å². The molecular weight excluding hydrogens is 214 g/mol. The summed E-state index contributed by atoms with van der Waals surface area (Å²) in [6.45, 7) is 2.18. The van der Waals surface area contributed by atoms with E-state index in [2.05, 4.69) is 12.2 Å². The van der Waals surface area contributed by atoms with E-state index in [1.165, 1.54) is 25.7 Å². The van der Waals surface area contributed by atoms with Gasteiger partial charge in [0.1, 0.15) is 0 Å². The fourth-order valence-corrected chi connectivity index (χ4v) is 2.58. The van der Waals surface area contributed by atoms with E-state index in [1.807, 2.05) is 6.07 Å². The zero-order chi connectivity index (χ0) is 12.3. The molecule has 0 spiro atoms. The number of rotatable bonds is 4. The molecule has 0 bridgehead atoms. The van der Waals surface area contributed by atoms with E-state index < -0.39 is 5.97 Å². The molecule has 17 heavy (non-hydrogen) atoms. The molecule has 92 valence electrons. The van der Waals surface area contributed by atoms with Gasteiger partial charge in [0.15, 0.2) is 0 Å². The van der Waals surface area contributed by atoms with Crippen molar-refractivity contribution in [3.05, 3.63) is 29.8 Å². The Hall–Kier alpha value is -1.51. The first-order valence-corrected chi connectivity index (χ1v) is 6.26. The first-order chi connectivity index (χ1) is 8.16. The van der Waals surface area contributed by atoms with Crippen LogP contribution >= 0.6 is 0 Å². The first-order valence-electron chi connectivity index (χ1n) is 6.26. The maximum Gasteiger partial charge on any atom is 0.335 e. The molecule has 2 rings (SSSR count). The van der Waals surface area contributed by atoms with Gasteiger partial charge in [-0.25, -0.2) is 4.79 Å². The van der Waals surface area contributed by atoms with Crippen molar-refractivity contribution in [3.63, 3.8) is 0 Å². The molecule has 0 aromatic heterocycles. The van der Waals surface area contributed by atoms with Crippen molar-refractivity contribution in [1.29, 1.82) is 0 Å². The number of aromatic carboxylic acids is 1. The SMILES string of the molecule is CC(Nc1cccc(C(=O)O)c1)C1CCCC1. The Labute approximate surface area is 102 Å². The third-order valence-corrected chi connectivity index (χ3v) is 3.61. The van der Waals surface area contributed by atoms with Gasteiger partial charge in [0.05, 0.1) is 5.56 Å². The second-order valence-corrected chi connectivity index (χ2v) is 4.86. The van der Waals surface area contributed by atoms with Gasteiger partial charge in [-0.1, -0.05) is 18.9 Å². The molecule has 3 nitrogen and oxygen atoms in total. The van der Waals surface area contributed by atoms with E-state index in [4.69, 9.17) is 5.11 Å². The summed E-state index contributed by atoms with van der Waals surface area (Å²) in [5.74, 6) is -0.148. The standard InChI is InChI=1S/C14H19NO2/c1-10(11-5-2-3-6-11)15-13-8-4-7-12(9-13)14(16)17/h4,7-11,15H,2-3,5-6H2,1H3,(H,16,17). The number of carboxylic acid groups (broad SMARTS) is 1. The average molecular weight is 233 g/mol. The molecule has 1 aromatic rings. The number of carboxylic acids is 1. The maximum atomic E-state index is 10.9. The lowest BCUT2D eigenvalue weighted by atomic mass is 9.99. The highest BCUT2D eigenvalue weighted by molar-refractivity contribution is 5.88. The van der Waals surface area contributed by atoms with Crippen LogP contribution in [0.3, 0.4) is 0 Å². The summed E-state index contributed by atoms with van der Waals surface area (Å²) in [5, 5.41) is 12.3. The summed E-state index contributed by atoms with van der Waals surface area (Å²) in [4.78, 5) is 10.9. The molecule has 1 aliphatic carbocycles. The minimum atomic E-state index is -0.873. The van der Waals surface area contributed by atoms with Crippen molar-refractivity contribution in [2.75, 3.05) is 5.32 Å². The molecular formula is C14H19NO2. The second-order valence-electron chi connectivity index (χ2n) is 4.86. The van der Waals surface area contributed by atoms with Gasteiger partial charge in [-0.3, -0.25) is 0 Å². The minimum Gasteiger partial charge on any atom is -0.478 e. The zero-order valence-electron chi connectivity index (χ0n) is 10.1. The van der Waals surface area contributed by atoms with Crippen LogP contribution in [-0.2, 0) is 0 Å². The third kappa shape index (κ3) is 2.99. The van der Waals surface area contributed by atoms with E-state index in [-0.39, 0.29) is 0 Å². The number of benzene rings is 1. The lowest BCUT2D eigenvalue weighted by Crippen LogP contribution is -2.23. The van der Waals surface area contributed by atoms with Gasteiger partial charge < -0.3 is 10.4 Å². The molecule has 0 radical (unpaired) electrons. The summed E-state index contributed by atoms with van der Waals surface area (Å²) in [6, 6.07) is 7.45. The fraction of sp³-hybridized carbons (Fsp3) is 0.500. The van der Waals surface area contributed by atoms with Crippen LogP contribution in [0.25, 0.3) is 0 Å². The van der Waals surface area contributed by atoms with E-state index >= 15 is 0 Å². The number of hydrogen-bond donors (Lipinski definition) is 2. The second kappa shape index (κ2) is 5.21. The number of nitrogens with one attached hydrogen (secondary N) is 1. The quantitative estimate of drug-likeness (QED) is 0.838. The summed E-state index contributed by atoms with van der Waals surface area (Å²) >= 11 is 0. The molecule has 1 atom stereocenters. The van der Waals surface area contributed by atoms with E-state index in [9.17, 15) is 4.79 Å². The van der Waals surface area contributed by atoms with Gasteiger partial charge in [-0.2, -0.15) is 0 Å². The first kappa shape index (κ1) is 12.0. The summed E-state index contributed by atoms with van der Waals surface area (Å²) in [6.07, 6.45) is 5.22. The molecule has 3 heteroatoms. The molecule has 1 saturated carbocycles. The Kier molecular flexibility index (Phi) is 3.67. The van der Waals surface area contributed by atoms with Crippen LogP contribution in [0.15, 0.2) is 24.3 Å². The number of hydrogen-bond acceptors (Lipinski definition) is 2. The van der Waals surface area contributed by atoms with Crippen molar-refractivity contribution in [3.8, 4) is 0 Å². The molecule has 1 aromatic carbocycles. The van der Waals surface area contributed by atoms with Gasteiger partial charge >= 0.3 is 5.97 Å². The van der Waals surface area contributed by atoms with E-state index in [0.29, 0.717) is 11.6 Å². The lowest BCUT2D eigenvalue weighted by Gasteiger charge is -2.21. The van der Waals surface area contributed by atoms with Gasteiger partial charge in [0.2, 0.25) is 0 Å². The molecule has 2 N–H and O–H groups in total. The third-order valence-electron chi connectivity index (χ3n) is 3.61. The largest absolute Gasteiger partial charge is 0.478 e. The zero-order valence-corrected chi connectivity index (χ0v) is 10.1. The highest BCUT2D eigenvalue weighted by Gasteiger charge is 2.21. The van der Waals surface area contributed by atoms with Crippen molar-refractivity contribution in [1.82, 2.24) is 0 Å².